The van der Waals surface area contributed by atoms with E-state index in [1.165, 1.54) is 22.0 Å². The molecule has 0 saturated carbocycles. The van der Waals surface area contributed by atoms with E-state index in [4.69, 9.17) is 0 Å². The molecule has 0 bridgehead atoms. The van der Waals surface area contributed by atoms with E-state index in [0.717, 1.165) is 12.8 Å². The van der Waals surface area contributed by atoms with Gasteiger partial charge in [0.2, 0.25) is 0 Å². The third-order valence-corrected chi connectivity index (χ3v) is 4.94. The Morgan fingerprint density at radius 1 is 1.45 bits per heavy atom. The van der Waals surface area contributed by atoms with Gasteiger partial charge in [-0.1, -0.05) is 12.1 Å². The zero-order chi connectivity index (χ0) is 13.7. The van der Waals surface area contributed by atoms with Crippen LogP contribution in [0.4, 0.5) is 0 Å². The van der Waals surface area contributed by atoms with Gasteiger partial charge in [0.05, 0.1) is 6.04 Å². The molecule has 0 spiro atoms. The molecule has 102 valence electrons. The number of aromatic amines is 1. The van der Waals surface area contributed by atoms with Gasteiger partial charge in [-0.05, 0) is 30.0 Å². The Kier molecular flexibility index (Phi) is 2.51. The van der Waals surface area contributed by atoms with Crippen LogP contribution in [0.1, 0.15) is 23.5 Å². The van der Waals surface area contributed by atoms with Crippen molar-refractivity contribution in [3.05, 3.63) is 35.5 Å². The van der Waals surface area contributed by atoms with Crippen molar-refractivity contribution in [1.82, 2.24) is 9.88 Å². The second-order valence-corrected chi connectivity index (χ2v) is 6.00. The van der Waals surface area contributed by atoms with Crippen molar-refractivity contribution >= 4 is 10.9 Å². The molecule has 0 radical (unpaired) electrons. The van der Waals surface area contributed by atoms with Crippen molar-refractivity contribution in [2.75, 3.05) is 13.2 Å². The molecule has 2 heterocycles. The molecule has 4 heteroatoms. The van der Waals surface area contributed by atoms with Gasteiger partial charge in [0.1, 0.15) is 0 Å². The number of H-pyrrole nitrogens is 1. The van der Waals surface area contributed by atoms with Gasteiger partial charge in [-0.25, -0.2) is 0 Å². The highest BCUT2D eigenvalue weighted by molar-refractivity contribution is 5.88. The van der Waals surface area contributed by atoms with Gasteiger partial charge < -0.3 is 15.0 Å². The lowest BCUT2D eigenvalue weighted by molar-refractivity contribution is 0.0976. The van der Waals surface area contributed by atoms with Crippen molar-refractivity contribution in [1.29, 1.82) is 5.26 Å². The number of nitrogens with one attached hydrogen (secondary N) is 1. The first-order chi connectivity index (χ1) is 9.81. The number of hydrogen-bond donors (Lipinski definition) is 2. The number of nitriles is 1. The molecular weight excluding hydrogens is 250 g/mol. The lowest BCUT2D eigenvalue weighted by atomic mass is 9.72. The van der Waals surface area contributed by atoms with E-state index in [-0.39, 0.29) is 18.6 Å². The molecular formula is C16H17N3O. The highest BCUT2D eigenvalue weighted by atomic mass is 16.3. The fraction of sp³-hybridized carbons (Fsp3) is 0.438. The van der Waals surface area contributed by atoms with Gasteiger partial charge in [0, 0.05) is 42.1 Å². The number of rotatable bonds is 1. The molecule has 2 aromatic rings. The first-order valence-corrected chi connectivity index (χ1v) is 7.18. The molecule has 0 unspecified atom stereocenters. The summed E-state index contributed by atoms with van der Waals surface area (Å²) in [5.74, 6) is 0.555. The Balaban J connectivity index is 1.86. The third kappa shape index (κ3) is 1.50. The average Bonchev–Trinajstić information content (AvgIpc) is 2.91. The van der Waals surface area contributed by atoms with Crippen molar-refractivity contribution in [3.63, 3.8) is 0 Å². The zero-order valence-corrected chi connectivity index (χ0v) is 11.2. The molecule has 1 aromatic heterocycles. The highest BCUT2D eigenvalue weighted by Gasteiger charge is 2.40. The summed E-state index contributed by atoms with van der Waals surface area (Å²) in [6.45, 7) is 0.848. The number of fused-ring (bicyclic) bond motifs is 2. The maximum atomic E-state index is 9.50. The Hall–Kier alpha value is -1.99. The maximum absolute atomic E-state index is 9.50. The summed E-state index contributed by atoms with van der Waals surface area (Å²) in [7, 11) is 0. The van der Waals surface area contributed by atoms with E-state index < -0.39 is 0 Å². The molecule has 0 amide bonds. The van der Waals surface area contributed by atoms with Crippen LogP contribution in [-0.4, -0.2) is 34.2 Å². The lowest BCUT2D eigenvalue weighted by Crippen LogP contribution is -2.48. The van der Waals surface area contributed by atoms with E-state index in [0.29, 0.717) is 12.5 Å². The predicted octanol–water partition coefficient (Wildman–Crippen LogP) is 1.97. The van der Waals surface area contributed by atoms with Gasteiger partial charge in [0.15, 0.2) is 6.19 Å². The number of likely N-dealkylation sites (tertiary alicyclic amines) is 1. The number of aromatic nitrogens is 1. The van der Waals surface area contributed by atoms with Crippen LogP contribution >= 0.6 is 0 Å². The molecule has 1 aromatic carbocycles. The van der Waals surface area contributed by atoms with E-state index in [9.17, 15) is 10.4 Å². The summed E-state index contributed by atoms with van der Waals surface area (Å²) in [5.41, 5.74) is 3.85. The molecule has 1 aliphatic heterocycles. The lowest BCUT2D eigenvalue weighted by Gasteiger charge is -2.44. The fourth-order valence-electron chi connectivity index (χ4n) is 4.04. The van der Waals surface area contributed by atoms with E-state index in [1.807, 2.05) is 4.90 Å². The normalized spacial score (nSPS) is 28.2. The van der Waals surface area contributed by atoms with Crippen LogP contribution in [-0.2, 0) is 6.42 Å². The van der Waals surface area contributed by atoms with E-state index >= 15 is 0 Å². The van der Waals surface area contributed by atoms with Gasteiger partial charge in [-0.3, -0.25) is 0 Å². The van der Waals surface area contributed by atoms with Crippen molar-refractivity contribution in [2.24, 2.45) is 5.92 Å². The molecule has 3 atom stereocenters. The van der Waals surface area contributed by atoms with Crippen LogP contribution in [0, 0.1) is 17.4 Å². The minimum absolute atomic E-state index is 0.164. The highest BCUT2D eigenvalue weighted by Crippen LogP contribution is 2.44. The van der Waals surface area contributed by atoms with Crippen LogP contribution in [0.25, 0.3) is 10.9 Å². The maximum Gasteiger partial charge on any atom is 0.179 e. The zero-order valence-electron chi connectivity index (χ0n) is 11.2. The first kappa shape index (κ1) is 11.8. The second-order valence-electron chi connectivity index (χ2n) is 6.00. The third-order valence-electron chi connectivity index (χ3n) is 4.94. The van der Waals surface area contributed by atoms with Gasteiger partial charge in [-0.2, -0.15) is 5.26 Å². The van der Waals surface area contributed by atoms with Crippen LogP contribution < -0.4 is 0 Å². The summed E-state index contributed by atoms with van der Waals surface area (Å²) in [6.07, 6.45) is 6.32. The molecule has 1 fully saturated rings. The monoisotopic (exact) mass is 267 g/mol. The van der Waals surface area contributed by atoms with E-state index in [2.05, 4.69) is 35.6 Å². The minimum atomic E-state index is 0.164. The quantitative estimate of drug-likeness (QED) is 0.776. The topological polar surface area (TPSA) is 63.1 Å². The molecule has 2 N–H and O–H groups in total. The number of hydrogen-bond acceptors (Lipinski definition) is 3. The Labute approximate surface area is 117 Å². The summed E-state index contributed by atoms with van der Waals surface area (Å²) in [6, 6.07) is 6.62. The van der Waals surface area contributed by atoms with Gasteiger partial charge >= 0.3 is 0 Å². The second kappa shape index (κ2) is 4.26. The largest absolute Gasteiger partial charge is 0.396 e. The fourth-order valence-corrected chi connectivity index (χ4v) is 4.04. The first-order valence-electron chi connectivity index (χ1n) is 7.18. The molecule has 4 rings (SSSR count). The number of aliphatic hydroxyl groups excluding tert-OH is 1. The molecule has 2 aliphatic rings. The molecule has 1 aliphatic carbocycles. The number of piperidine rings is 1. The number of benzene rings is 1. The van der Waals surface area contributed by atoms with Crippen LogP contribution in [0.3, 0.4) is 0 Å². The van der Waals surface area contributed by atoms with Crippen LogP contribution in [0.15, 0.2) is 24.4 Å². The minimum Gasteiger partial charge on any atom is -0.396 e. The summed E-state index contributed by atoms with van der Waals surface area (Å²) < 4.78 is 0. The standard InChI is InChI=1S/C16H17N3O/c17-9-19-7-10(8-20)4-13-12-2-1-3-14-16(12)11(6-18-14)5-15(13)19/h1-3,6,10,13,15,18,20H,4-5,7-8H2/t10-,13-,15-/m1/s1. The Bertz CT molecular complexity index is 699. The molecule has 1 saturated heterocycles. The Morgan fingerprint density at radius 3 is 3.15 bits per heavy atom. The smallest absolute Gasteiger partial charge is 0.179 e. The van der Waals surface area contributed by atoms with Crippen molar-refractivity contribution < 1.29 is 5.11 Å². The molecule has 20 heavy (non-hydrogen) atoms. The summed E-state index contributed by atoms with van der Waals surface area (Å²) >= 11 is 0. The average molecular weight is 267 g/mol. The summed E-state index contributed by atoms with van der Waals surface area (Å²) in [5, 5.41) is 20.3. The number of aliphatic hydroxyl groups is 1. The number of nitrogens with zero attached hydrogens (tertiary/aromatic N) is 2. The Morgan fingerprint density at radius 2 is 2.35 bits per heavy atom. The molecule has 4 nitrogen and oxygen atoms in total. The summed E-state index contributed by atoms with van der Waals surface area (Å²) in [4.78, 5) is 5.22. The predicted molar refractivity (Wildman–Crippen MR) is 76.0 cm³/mol. The van der Waals surface area contributed by atoms with Crippen LogP contribution in [0.2, 0.25) is 0 Å². The van der Waals surface area contributed by atoms with Gasteiger partial charge in [0.25, 0.3) is 0 Å². The van der Waals surface area contributed by atoms with E-state index in [1.54, 1.807) is 0 Å². The van der Waals surface area contributed by atoms with Crippen molar-refractivity contribution in [2.45, 2.75) is 24.8 Å². The van der Waals surface area contributed by atoms with Crippen molar-refractivity contribution in [3.8, 4) is 6.19 Å². The van der Waals surface area contributed by atoms with Crippen LogP contribution in [0.5, 0.6) is 0 Å². The SMILES string of the molecule is N#CN1C[C@H](CO)C[C@@H]2c3cccc4[nH]cc(c34)C[C@H]21. The van der Waals surface area contributed by atoms with Gasteiger partial charge in [-0.15, -0.1) is 0 Å².